The van der Waals surface area contributed by atoms with Crippen molar-refractivity contribution in [2.24, 2.45) is 0 Å². The van der Waals surface area contributed by atoms with Crippen molar-refractivity contribution in [2.75, 3.05) is 0 Å². The Morgan fingerprint density at radius 2 is 1.82 bits per heavy atom. The van der Waals surface area contributed by atoms with Crippen molar-refractivity contribution in [3.05, 3.63) is 87.7 Å². The Kier molecular flexibility index (Phi) is 3.71. The van der Waals surface area contributed by atoms with E-state index in [9.17, 15) is 9.59 Å². The standard InChI is InChI=1S/C19H15NO2/c1-13-7-8-15-12-16(19(22)20-17(15)11-13)9-10-18(21)14-5-3-2-4-6-14/h2-12H,1H3,(H,20,22)/b10-9-. The second-order valence-corrected chi connectivity index (χ2v) is 5.21. The Labute approximate surface area is 127 Å². The molecule has 0 aliphatic heterocycles. The van der Waals surface area contributed by atoms with E-state index in [0.717, 1.165) is 16.5 Å². The lowest BCUT2D eigenvalue weighted by molar-refractivity contribution is 0.104. The minimum atomic E-state index is -0.199. The van der Waals surface area contributed by atoms with Crippen LogP contribution >= 0.6 is 0 Å². The van der Waals surface area contributed by atoms with Gasteiger partial charge in [-0.1, -0.05) is 42.5 Å². The molecule has 3 nitrogen and oxygen atoms in total. The maximum absolute atomic E-state index is 12.1. The van der Waals surface area contributed by atoms with E-state index in [-0.39, 0.29) is 11.3 Å². The van der Waals surface area contributed by atoms with E-state index in [0.29, 0.717) is 11.1 Å². The predicted molar refractivity (Wildman–Crippen MR) is 89.1 cm³/mol. The number of aromatic nitrogens is 1. The highest BCUT2D eigenvalue weighted by Crippen LogP contribution is 2.14. The summed E-state index contributed by atoms with van der Waals surface area (Å²) < 4.78 is 0. The Morgan fingerprint density at radius 3 is 2.59 bits per heavy atom. The molecule has 0 bridgehead atoms. The monoisotopic (exact) mass is 289 g/mol. The summed E-state index contributed by atoms with van der Waals surface area (Å²) in [5.74, 6) is -0.121. The number of carbonyl (C=O) groups excluding carboxylic acids is 1. The van der Waals surface area contributed by atoms with Crippen LogP contribution in [0.5, 0.6) is 0 Å². The number of pyridine rings is 1. The fourth-order valence-electron chi connectivity index (χ4n) is 2.32. The highest BCUT2D eigenvalue weighted by atomic mass is 16.1. The number of aryl methyl sites for hydroxylation is 1. The van der Waals surface area contributed by atoms with Gasteiger partial charge in [-0.15, -0.1) is 0 Å². The number of rotatable bonds is 3. The van der Waals surface area contributed by atoms with Gasteiger partial charge in [-0.25, -0.2) is 0 Å². The van der Waals surface area contributed by atoms with E-state index in [2.05, 4.69) is 4.98 Å². The lowest BCUT2D eigenvalue weighted by Crippen LogP contribution is -2.09. The Bertz CT molecular complexity index is 921. The molecule has 0 spiro atoms. The van der Waals surface area contributed by atoms with Gasteiger partial charge in [0.1, 0.15) is 0 Å². The molecule has 108 valence electrons. The van der Waals surface area contributed by atoms with Gasteiger partial charge >= 0.3 is 0 Å². The van der Waals surface area contributed by atoms with E-state index < -0.39 is 0 Å². The molecular formula is C19H15NO2. The van der Waals surface area contributed by atoms with Crippen molar-refractivity contribution >= 4 is 22.8 Å². The molecule has 0 radical (unpaired) electrons. The van der Waals surface area contributed by atoms with Gasteiger partial charge in [0.25, 0.3) is 5.56 Å². The summed E-state index contributed by atoms with van der Waals surface area (Å²) in [6.45, 7) is 1.98. The zero-order valence-electron chi connectivity index (χ0n) is 12.2. The van der Waals surface area contributed by atoms with Crippen LogP contribution in [0.3, 0.4) is 0 Å². The number of hydrogen-bond acceptors (Lipinski definition) is 2. The lowest BCUT2D eigenvalue weighted by Gasteiger charge is -2.01. The van der Waals surface area contributed by atoms with E-state index >= 15 is 0 Å². The van der Waals surface area contributed by atoms with Crippen molar-refractivity contribution in [2.45, 2.75) is 6.92 Å². The number of allylic oxidation sites excluding steroid dienone is 1. The summed E-state index contributed by atoms with van der Waals surface area (Å²) in [5.41, 5.74) is 2.77. The average molecular weight is 289 g/mol. The molecule has 0 saturated heterocycles. The summed E-state index contributed by atoms with van der Waals surface area (Å²) in [7, 11) is 0. The molecule has 0 saturated carbocycles. The van der Waals surface area contributed by atoms with Crippen LogP contribution in [0.2, 0.25) is 0 Å². The zero-order valence-corrected chi connectivity index (χ0v) is 12.2. The second-order valence-electron chi connectivity index (χ2n) is 5.21. The summed E-state index contributed by atoms with van der Waals surface area (Å²) in [6.07, 6.45) is 2.99. The predicted octanol–water partition coefficient (Wildman–Crippen LogP) is 3.73. The Morgan fingerprint density at radius 1 is 1.05 bits per heavy atom. The molecule has 1 aromatic heterocycles. The van der Waals surface area contributed by atoms with Gasteiger partial charge in [-0.2, -0.15) is 0 Å². The third-order valence-corrected chi connectivity index (χ3v) is 3.50. The van der Waals surface area contributed by atoms with Crippen molar-refractivity contribution in [3.63, 3.8) is 0 Å². The number of aromatic amines is 1. The molecule has 0 amide bonds. The first-order chi connectivity index (χ1) is 10.6. The summed E-state index contributed by atoms with van der Waals surface area (Å²) >= 11 is 0. The maximum atomic E-state index is 12.1. The van der Waals surface area contributed by atoms with Gasteiger partial charge in [0.2, 0.25) is 0 Å². The van der Waals surface area contributed by atoms with Crippen LogP contribution in [-0.2, 0) is 0 Å². The highest BCUT2D eigenvalue weighted by molar-refractivity contribution is 6.06. The number of benzene rings is 2. The van der Waals surface area contributed by atoms with Crippen LogP contribution in [0.4, 0.5) is 0 Å². The normalized spacial score (nSPS) is 11.1. The van der Waals surface area contributed by atoms with E-state index in [1.165, 1.54) is 6.08 Å². The summed E-state index contributed by atoms with van der Waals surface area (Å²) in [4.78, 5) is 27.0. The molecule has 1 heterocycles. The molecule has 3 aromatic rings. The highest BCUT2D eigenvalue weighted by Gasteiger charge is 2.03. The van der Waals surface area contributed by atoms with Crippen molar-refractivity contribution < 1.29 is 4.79 Å². The number of hydrogen-bond donors (Lipinski definition) is 1. The smallest absolute Gasteiger partial charge is 0.255 e. The van der Waals surface area contributed by atoms with Crippen LogP contribution in [0, 0.1) is 6.92 Å². The average Bonchev–Trinajstić information content (AvgIpc) is 2.53. The molecule has 0 fully saturated rings. The van der Waals surface area contributed by atoms with Crippen LogP contribution in [-0.4, -0.2) is 10.8 Å². The van der Waals surface area contributed by atoms with Crippen LogP contribution in [0.15, 0.2) is 65.5 Å². The maximum Gasteiger partial charge on any atom is 0.255 e. The molecule has 3 rings (SSSR count). The molecule has 0 aliphatic rings. The second kappa shape index (κ2) is 5.82. The van der Waals surface area contributed by atoms with Gasteiger partial charge in [0, 0.05) is 16.6 Å². The largest absolute Gasteiger partial charge is 0.321 e. The zero-order chi connectivity index (χ0) is 15.5. The van der Waals surface area contributed by atoms with Crippen LogP contribution in [0.1, 0.15) is 21.5 Å². The van der Waals surface area contributed by atoms with E-state index in [4.69, 9.17) is 0 Å². The minimum absolute atomic E-state index is 0.121. The molecule has 0 aliphatic carbocycles. The van der Waals surface area contributed by atoms with Gasteiger partial charge in [-0.3, -0.25) is 9.59 Å². The minimum Gasteiger partial charge on any atom is -0.321 e. The van der Waals surface area contributed by atoms with Crippen molar-refractivity contribution in [1.82, 2.24) is 4.98 Å². The first kappa shape index (κ1) is 14.0. The fraction of sp³-hybridized carbons (Fsp3) is 0.0526. The van der Waals surface area contributed by atoms with Crippen molar-refractivity contribution in [3.8, 4) is 0 Å². The quantitative estimate of drug-likeness (QED) is 0.590. The van der Waals surface area contributed by atoms with E-state index in [1.807, 2.05) is 43.3 Å². The first-order valence-corrected chi connectivity index (χ1v) is 7.04. The molecule has 0 atom stereocenters. The third-order valence-electron chi connectivity index (χ3n) is 3.50. The van der Waals surface area contributed by atoms with Gasteiger partial charge < -0.3 is 4.98 Å². The number of ketones is 1. The summed E-state index contributed by atoms with van der Waals surface area (Å²) in [6, 6.07) is 16.6. The summed E-state index contributed by atoms with van der Waals surface area (Å²) in [5, 5.41) is 0.942. The third kappa shape index (κ3) is 2.88. The van der Waals surface area contributed by atoms with Crippen LogP contribution < -0.4 is 5.56 Å². The molecule has 0 unspecified atom stereocenters. The molecule has 22 heavy (non-hydrogen) atoms. The van der Waals surface area contributed by atoms with Crippen LogP contribution in [0.25, 0.3) is 17.0 Å². The lowest BCUT2D eigenvalue weighted by atomic mass is 10.1. The fourth-order valence-corrected chi connectivity index (χ4v) is 2.32. The Balaban J connectivity index is 1.95. The molecular weight excluding hydrogens is 274 g/mol. The number of nitrogens with one attached hydrogen (secondary N) is 1. The van der Waals surface area contributed by atoms with E-state index in [1.54, 1.807) is 24.3 Å². The molecule has 2 aromatic carbocycles. The number of fused-ring (bicyclic) bond motifs is 1. The number of H-pyrrole nitrogens is 1. The topological polar surface area (TPSA) is 49.9 Å². The molecule has 3 heteroatoms. The first-order valence-electron chi connectivity index (χ1n) is 7.04. The van der Waals surface area contributed by atoms with Gasteiger partial charge in [0.15, 0.2) is 5.78 Å². The SMILES string of the molecule is Cc1ccc2cc(/C=C\C(=O)c3ccccc3)c(=O)[nH]c2c1. The van der Waals surface area contributed by atoms with Crippen molar-refractivity contribution in [1.29, 1.82) is 0 Å². The van der Waals surface area contributed by atoms with Gasteiger partial charge in [-0.05, 0) is 42.2 Å². The number of carbonyl (C=O) groups is 1. The Hall–Kier alpha value is -2.94. The molecule has 1 N–H and O–H groups in total. The van der Waals surface area contributed by atoms with Gasteiger partial charge in [0.05, 0.1) is 0 Å².